The standard InChI is InChI=1S/C16H21N5O2/c1-12-14(15(22)20(2)11-13-6-9-23-19-13)10-17-16(18-12)21-7-4-3-5-8-21/h6,9-10H,3-5,7-8,11H2,1-2H3. The van der Waals surface area contributed by atoms with Gasteiger partial charge in [-0.2, -0.15) is 0 Å². The topological polar surface area (TPSA) is 75.4 Å². The van der Waals surface area contributed by atoms with Crippen LogP contribution in [-0.4, -0.2) is 46.1 Å². The van der Waals surface area contributed by atoms with Crippen molar-refractivity contribution in [1.29, 1.82) is 0 Å². The lowest BCUT2D eigenvalue weighted by Gasteiger charge is -2.27. The first-order valence-electron chi connectivity index (χ1n) is 7.88. The summed E-state index contributed by atoms with van der Waals surface area (Å²) < 4.78 is 4.79. The van der Waals surface area contributed by atoms with Crippen molar-refractivity contribution < 1.29 is 9.32 Å². The predicted octanol–water partition coefficient (Wildman–Crippen LogP) is 2.04. The molecular formula is C16H21N5O2. The number of nitrogens with zero attached hydrogens (tertiary/aromatic N) is 5. The molecule has 1 saturated heterocycles. The molecule has 3 heterocycles. The molecule has 0 spiro atoms. The molecule has 122 valence electrons. The minimum Gasteiger partial charge on any atom is -0.364 e. The fraction of sp³-hybridized carbons (Fsp3) is 0.500. The molecule has 0 atom stereocenters. The summed E-state index contributed by atoms with van der Waals surface area (Å²) in [4.78, 5) is 25.3. The van der Waals surface area contributed by atoms with E-state index in [9.17, 15) is 4.79 Å². The predicted molar refractivity (Wildman–Crippen MR) is 85.1 cm³/mol. The van der Waals surface area contributed by atoms with Crippen LogP contribution in [0.1, 0.15) is 41.0 Å². The highest BCUT2D eigenvalue weighted by Crippen LogP contribution is 2.18. The molecule has 23 heavy (non-hydrogen) atoms. The molecule has 2 aromatic rings. The second kappa shape index (κ2) is 6.76. The van der Waals surface area contributed by atoms with Crippen LogP contribution in [0.4, 0.5) is 5.95 Å². The van der Waals surface area contributed by atoms with Gasteiger partial charge in [-0.1, -0.05) is 5.16 Å². The average Bonchev–Trinajstić information content (AvgIpc) is 3.08. The smallest absolute Gasteiger partial charge is 0.257 e. The van der Waals surface area contributed by atoms with Crippen molar-refractivity contribution in [2.45, 2.75) is 32.7 Å². The molecule has 7 nitrogen and oxygen atoms in total. The van der Waals surface area contributed by atoms with Crippen LogP contribution in [0.3, 0.4) is 0 Å². The van der Waals surface area contributed by atoms with Gasteiger partial charge in [-0.05, 0) is 26.2 Å². The molecule has 7 heteroatoms. The third-order valence-electron chi connectivity index (χ3n) is 4.07. The summed E-state index contributed by atoms with van der Waals surface area (Å²) in [5.41, 5.74) is 1.94. The number of carbonyl (C=O) groups is 1. The van der Waals surface area contributed by atoms with E-state index < -0.39 is 0 Å². The van der Waals surface area contributed by atoms with Gasteiger partial charge in [0.15, 0.2) is 0 Å². The zero-order valence-corrected chi connectivity index (χ0v) is 13.5. The van der Waals surface area contributed by atoms with E-state index in [-0.39, 0.29) is 5.91 Å². The minimum atomic E-state index is -0.115. The molecule has 1 aliphatic rings. The number of carbonyl (C=O) groups excluding carboxylic acids is 1. The second-order valence-corrected chi connectivity index (χ2v) is 5.87. The Morgan fingerprint density at radius 2 is 2.13 bits per heavy atom. The fourth-order valence-electron chi connectivity index (χ4n) is 2.75. The molecule has 1 amide bonds. The maximum atomic E-state index is 12.6. The van der Waals surface area contributed by atoms with Crippen LogP contribution in [0, 0.1) is 6.92 Å². The molecule has 0 bridgehead atoms. The highest BCUT2D eigenvalue weighted by atomic mass is 16.5. The lowest BCUT2D eigenvalue weighted by molar-refractivity contribution is 0.0780. The highest BCUT2D eigenvalue weighted by Gasteiger charge is 2.19. The third-order valence-corrected chi connectivity index (χ3v) is 4.07. The molecule has 0 aliphatic carbocycles. The van der Waals surface area contributed by atoms with Crippen molar-refractivity contribution in [3.63, 3.8) is 0 Å². The molecular weight excluding hydrogens is 294 g/mol. The second-order valence-electron chi connectivity index (χ2n) is 5.87. The zero-order chi connectivity index (χ0) is 16.2. The van der Waals surface area contributed by atoms with E-state index >= 15 is 0 Å². The monoisotopic (exact) mass is 315 g/mol. The fourth-order valence-corrected chi connectivity index (χ4v) is 2.75. The first-order chi connectivity index (χ1) is 11.1. The zero-order valence-electron chi connectivity index (χ0n) is 13.5. The van der Waals surface area contributed by atoms with Gasteiger partial charge in [-0.25, -0.2) is 9.97 Å². The molecule has 0 unspecified atom stereocenters. The number of aryl methyl sites for hydroxylation is 1. The van der Waals surface area contributed by atoms with E-state index in [0.29, 0.717) is 23.5 Å². The third kappa shape index (κ3) is 3.49. The van der Waals surface area contributed by atoms with Crippen molar-refractivity contribution >= 4 is 11.9 Å². The summed E-state index contributed by atoms with van der Waals surface area (Å²) in [6.07, 6.45) is 6.73. The molecule has 0 N–H and O–H groups in total. The van der Waals surface area contributed by atoms with E-state index in [1.165, 1.54) is 25.5 Å². The van der Waals surface area contributed by atoms with Crippen LogP contribution < -0.4 is 4.90 Å². The van der Waals surface area contributed by atoms with E-state index in [1.807, 2.05) is 6.92 Å². The van der Waals surface area contributed by atoms with Crippen LogP contribution in [-0.2, 0) is 6.54 Å². The van der Waals surface area contributed by atoms with Crippen molar-refractivity contribution in [3.05, 3.63) is 35.5 Å². The number of hydrogen-bond donors (Lipinski definition) is 0. The van der Waals surface area contributed by atoms with Gasteiger partial charge < -0.3 is 14.3 Å². The van der Waals surface area contributed by atoms with Crippen molar-refractivity contribution in [1.82, 2.24) is 20.0 Å². The number of anilines is 1. The molecule has 0 saturated carbocycles. The maximum absolute atomic E-state index is 12.6. The Labute approximate surface area is 135 Å². The SMILES string of the molecule is Cc1nc(N2CCCCC2)ncc1C(=O)N(C)Cc1ccon1. The maximum Gasteiger partial charge on any atom is 0.257 e. The van der Waals surface area contributed by atoms with Gasteiger partial charge >= 0.3 is 0 Å². The van der Waals surface area contributed by atoms with Crippen molar-refractivity contribution in [3.8, 4) is 0 Å². The molecule has 3 rings (SSSR count). The van der Waals surface area contributed by atoms with Gasteiger partial charge in [0.2, 0.25) is 5.95 Å². The molecule has 0 radical (unpaired) electrons. The van der Waals surface area contributed by atoms with Gasteiger partial charge in [0, 0.05) is 32.4 Å². The Hall–Kier alpha value is -2.44. The Morgan fingerprint density at radius 3 is 2.78 bits per heavy atom. The number of piperidine rings is 1. The summed E-state index contributed by atoms with van der Waals surface area (Å²) in [6, 6.07) is 1.74. The lowest BCUT2D eigenvalue weighted by Crippen LogP contribution is -2.32. The van der Waals surface area contributed by atoms with E-state index in [2.05, 4.69) is 20.0 Å². The Morgan fingerprint density at radius 1 is 1.35 bits per heavy atom. The Balaban J connectivity index is 1.73. The Kier molecular flexibility index (Phi) is 4.55. The van der Waals surface area contributed by atoms with Gasteiger partial charge in [-0.15, -0.1) is 0 Å². The van der Waals surface area contributed by atoms with Gasteiger partial charge in [0.05, 0.1) is 17.8 Å². The molecule has 0 aromatic carbocycles. The van der Waals surface area contributed by atoms with Crippen LogP contribution in [0.2, 0.25) is 0 Å². The summed E-state index contributed by atoms with van der Waals surface area (Å²) in [6.45, 7) is 4.21. The van der Waals surface area contributed by atoms with Gasteiger partial charge in [0.25, 0.3) is 5.91 Å². The largest absolute Gasteiger partial charge is 0.364 e. The van der Waals surface area contributed by atoms with Crippen LogP contribution in [0.15, 0.2) is 23.0 Å². The van der Waals surface area contributed by atoms with E-state index in [4.69, 9.17) is 4.52 Å². The molecule has 1 aliphatic heterocycles. The quantitative estimate of drug-likeness (QED) is 0.859. The van der Waals surface area contributed by atoms with E-state index in [1.54, 1.807) is 24.2 Å². The van der Waals surface area contributed by atoms with Crippen LogP contribution >= 0.6 is 0 Å². The summed E-state index contributed by atoms with van der Waals surface area (Å²) in [5.74, 6) is 0.605. The number of amides is 1. The summed E-state index contributed by atoms with van der Waals surface area (Å²) >= 11 is 0. The molecule has 1 fully saturated rings. The lowest BCUT2D eigenvalue weighted by atomic mass is 10.1. The molecule has 2 aromatic heterocycles. The number of aromatic nitrogens is 3. The van der Waals surface area contributed by atoms with Crippen LogP contribution in [0.5, 0.6) is 0 Å². The summed E-state index contributed by atoms with van der Waals surface area (Å²) in [7, 11) is 1.73. The minimum absolute atomic E-state index is 0.115. The van der Waals surface area contributed by atoms with Gasteiger partial charge in [-0.3, -0.25) is 4.79 Å². The summed E-state index contributed by atoms with van der Waals surface area (Å²) in [5, 5.41) is 3.82. The van der Waals surface area contributed by atoms with E-state index in [0.717, 1.165) is 19.0 Å². The van der Waals surface area contributed by atoms with Crippen LogP contribution in [0.25, 0.3) is 0 Å². The average molecular weight is 315 g/mol. The number of rotatable bonds is 4. The normalized spacial score (nSPS) is 14.8. The van der Waals surface area contributed by atoms with Crippen molar-refractivity contribution in [2.24, 2.45) is 0 Å². The van der Waals surface area contributed by atoms with Crippen molar-refractivity contribution in [2.75, 3.05) is 25.0 Å². The first-order valence-corrected chi connectivity index (χ1v) is 7.88. The highest BCUT2D eigenvalue weighted by molar-refractivity contribution is 5.94. The number of hydrogen-bond acceptors (Lipinski definition) is 6. The Bertz CT molecular complexity index is 665. The first kappa shape index (κ1) is 15.5. The van der Waals surface area contributed by atoms with Gasteiger partial charge in [0.1, 0.15) is 12.0 Å².